The first-order valence-electron chi connectivity index (χ1n) is 6.52. The lowest BCUT2D eigenvalue weighted by Gasteiger charge is -2.29. The van der Waals surface area contributed by atoms with Crippen molar-refractivity contribution in [1.82, 2.24) is 4.98 Å². The molecule has 0 saturated carbocycles. The number of halogens is 1. The molecule has 5 heteroatoms. The number of para-hydroxylation sites is 1. The van der Waals surface area contributed by atoms with Crippen LogP contribution < -0.4 is 10.2 Å². The lowest BCUT2D eigenvalue weighted by Crippen LogP contribution is -2.38. The van der Waals surface area contributed by atoms with Crippen molar-refractivity contribution < 1.29 is 4.79 Å². The molecule has 3 rings (SSSR count). The highest BCUT2D eigenvalue weighted by atomic mass is 35.5. The van der Waals surface area contributed by atoms with Crippen LogP contribution >= 0.6 is 11.6 Å². The zero-order chi connectivity index (χ0) is 13.9. The number of carbonyl (C=O) groups excluding carboxylic acids is 1. The van der Waals surface area contributed by atoms with E-state index >= 15 is 0 Å². The van der Waals surface area contributed by atoms with Gasteiger partial charge in [-0.15, -0.1) is 0 Å². The predicted molar refractivity (Wildman–Crippen MR) is 80.4 cm³/mol. The second-order valence-electron chi connectivity index (χ2n) is 4.68. The molecule has 1 N–H and O–H groups in total. The van der Waals surface area contributed by atoms with Gasteiger partial charge in [0.25, 0.3) is 0 Å². The van der Waals surface area contributed by atoms with Crippen LogP contribution in [-0.4, -0.2) is 17.6 Å². The Hall–Kier alpha value is -2.07. The molecule has 0 unspecified atom stereocenters. The molecule has 0 fully saturated rings. The number of nitrogens with zero attached hydrogens (tertiary/aromatic N) is 2. The van der Waals surface area contributed by atoms with Gasteiger partial charge in [0, 0.05) is 24.1 Å². The lowest BCUT2D eigenvalue weighted by atomic mass is 10.0. The molecule has 0 radical (unpaired) electrons. The van der Waals surface area contributed by atoms with Crippen LogP contribution in [0.4, 0.5) is 16.2 Å². The van der Waals surface area contributed by atoms with Gasteiger partial charge < -0.3 is 5.32 Å². The molecule has 1 aromatic carbocycles. The summed E-state index contributed by atoms with van der Waals surface area (Å²) in [4.78, 5) is 18.1. The van der Waals surface area contributed by atoms with Gasteiger partial charge in [0.1, 0.15) is 5.15 Å². The van der Waals surface area contributed by atoms with Crippen LogP contribution in [0.5, 0.6) is 0 Å². The molecule has 0 aliphatic carbocycles. The molecule has 0 spiro atoms. The van der Waals surface area contributed by atoms with E-state index in [2.05, 4.69) is 16.4 Å². The minimum atomic E-state index is -0.139. The molecule has 1 aliphatic heterocycles. The topological polar surface area (TPSA) is 45.2 Å². The molecule has 2 aromatic rings. The van der Waals surface area contributed by atoms with E-state index < -0.39 is 0 Å². The summed E-state index contributed by atoms with van der Waals surface area (Å²) in [5.41, 5.74) is 2.84. The molecule has 1 aromatic heterocycles. The van der Waals surface area contributed by atoms with Crippen molar-refractivity contribution >= 4 is 29.0 Å². The second-order valence-corrected chi connectivity index (χ2v) is 5.07. The van der Waals surface area contributed by atoms with E-state index in [1.54, 1.807) is 23.2 Å². The highest BCUT2D eigenvalue weighted by Gasteiger charge is 2.22. The molecular weight excluding hydrogens is 274 g/mol. The number of anilines is 2. The van der Waals surface area contributed by atoms with Crippen LogP contribution in [0.25, 0.3) is 0 Å². The maximum atomic E-state index is 12.4. The predicted octanol–water partition coefficient (Wildman–Crippen LogP) is 3.72. The molecule has 102 valence electrons. The highest BCUT2D eigenvalue weighted by Crippen LogP contribution is 2.27. The number of amides is 2. The van der Waals surface area contributed by atoms with E-state index in [9.17, 15) is 4.79 Å². The largest absolute Gasteiger partial charge is 0.326 e. The fraction of sp³-hybridized carbons (Fsp3) is 0.200. The average molecular weight is 288 g/mol. The highest BCUT2D eigenvalue weighted by molar-refractivity contribution is 6.29. The van der Waals surface area contributed by atoms with E-state index in [1.165, 1.54) is 5.56 Å². The Balaban J connectivity index is 1.82. The third kappa shape index (κ3) is 2.60. The lowest BCUT2D eigenvalue weighted by molar-refractivity contribution is 0.256. The summed E-state index contributed by atoms with van der Waals surface area (Å²) in [5.74, 6) is 0. The first-order chi connectivity index (χ1) is 9.74. The Kier molecular flexibility index (Phi) is 3.56. The summed E-state index contributed by atoms with van der Waals surface area (Å²) < 4.78 is 0. The third-order valence-corrected chi connectivity index (χ3v) is 3.54. The quantitative estimate of drug-likeness (QED) is 0.813. The number of aryl methyl sites for hydroxylation is 1. The van der Waals surface area contributed by atoms with Gasteiger partial charge in [-0.1, -0.05) is 29.8 Å². The zero-order valence-electron chi connectivity index (χ0n) is 10.8. The monoisotopic (exact) mass is 287 g/mol. The maximum absolute atomic E-state index is 12.4. The standard InChI is InChI=1S/C15H14ClN3O/c16-14-10-12(7-8-17-14)18-15(20)19-9-3-5-11-4-1-2-6-13(11)19/h1-2,4,6-8,10H,3,5,9H2,(H,17,18,20). The Labute approximate surface area is 122 Å². The summed E-state index contributed by atoms with van der Waals surface area (Å²) in [7, 11) is 0. The molecule has 0 atom stereocenters. The van der Waals surface area contributed by atoms with Gasteiger partial charge in [-0.3, -0.25) is 4.90 Å². The van der Waals surface area contributed by atoms with Gasteiger partial charge in [-0.05, 0) is 36.6 Å². The van der Waals surface area contributed by atoms with E-state index in [1.807, 2.05) is 18.2 Å². The molecule has 0 saturated heterocycles. The molecule has 20 heavy (non-hydrogen) atoms. The molecule has 2 heterocycles. The number of fused-ring (bicyclic) bond motifs is 1. The van der Waals surface area contributed by atoms with Crippen LogP contribution in [0.1, 0.15) is 12.0 Å². The Morgan fingerprint density at radius 1 is 1.30 bits per heavy atom. The molecule has 1 aliphatic rings. The van der Waals surface area contributed by atoms with Crippen LogP contribution in [0.2, 0.25) is 5.15 Å². The van der Waals surface area contributed by atoms with Crippen LogP contribution in [0.3, 0.4) is 0 Å². The number of urea groups is 1. The molecule has 4 nitrogen and oxygen atoms in total. The summed E-state index contributed by atoms with van der Waals surface area (Å²) in [6.45, 7) is 0.724. The van der Waals surface area contributed by atoms with Gasteiger partial charge in [-0.25, -0.2) is 9.78 Å². The summed E-state index contributed by atoms with van der Waals surface area (Å²) in [6.07, 6.45) is 3.56. The molecule has 2 amide bonds. The van der Waals surface area contributed by atoms with Crippen molar-refractivity contribution in [2.75, 3.05) is 16.8 Å². The van der Waals surface area contributed by atoms with E-state index in [0.717, 1.165) is 25.1 Å². The van der Waals surface area contributed by atoms with Crippen LogP contribution in [0.15, 0.2) is 42.6 Å². The minimum absolute atomic E-state index is 0.139. The van der Waals surface area contributed by atoms with Crippen molar-refractivity contribution in [3.63, 3.8) is 0 Å². The van der Waals surface area contributed by atoms with E-state index in [0.29, 0.717) is 10.8 Å². The van der Waals surface area contributed by atoms with Crippen LogP contribution in [0, 0.1) is 0 Å². The van der Waals surface area contributed by atoms with Crippen molar-refractivity contribution in [3.05, 3.63) is 53.3 Å². The van der Waals surface area contributed by atoms with Gasteiger partial charge in [0.2, 0.25) is 0 Å². The van der Waals surface area contributed by atoms with E-state index in [4.69, 9.17) is 11.6 Å². The van der Waals surface area contributed by atoms with E-state index in [-0.39, 0.29) is 6.03 Å². The fourth-order valence-electron chi connectivity index (χ4n) is 2.42. The van der Waals surface area contributed by atoms with Crippen molar-refractivity contribution in [2.24, 2.45) is 0 Å². The maximum Gasteiger partial charge on any atom is 0.326 e. The molecular formula is C15H14ClN3O. The Bertz CT molecular complexity index is 645. The normalized spacial score (nSPS) is 13.8. The number of rotatable bonds is 1. The SMILES string of the molecule is O=C(Nc1ccnc(Cl)c1)N1CCCc2ccccc21. The van der Waals surface area contributed by atoms with Gasteiger partial charge in [-0.2, -0.15) is 0 Å². The number of hydrogen-bond donors (Lipinski definition) is 1. The zero-order valence-corrected chi connectivity index (χ0v) is 11.6. The Morgan fingerprint density at radius 3 is 3.00 bits per heavy atom. The number of hydrogen-bond acceptors (Lipinski definition) is 2. The first kappa shape index (κ1) is 12.9. The van der Waals surface area contributed by atoms with Gasteiger partial charge in [0.15, 0.2) is 0 Å². The first-order valence-corrected chi connectivity index (χ1v) is 6.90. The fourth-order valence-corrected chi connectivity index (χ4v) is 2.59. The van der Waals surface area contributed by atoms with Gasteiger partial charge in [0.05, 0.1) is 0 Å². The Morgan fingerprint density at radius 2 is 2.15 bits per heavy atom. The van der Waals surface area contributed by atoms with Crippen molar-refractivity contribution in [2.45, 2.75) is 12.8 Å². The number of carbonyl (C=O) groups is 1. The van der Waals surface area contributed by atoms with Crippen LogP contribution in [-0.2, 0) is 6.42 Å². The van der Waals surface area contributed by atoms with Gasteiger partial charge >= 0.3 is 6.03 Å². The second kappa shape index (κ2) is 5.51. The minimum Gasteiger partial charge on any atom is -0.307 e. The smallest absolute Gasteiger partial charge is 0.307 e. The number of pyridine rings is 1. The van der Waals surface area contributed by atoms with Crippen molar-refractivity contribution in [3.8, 4) is 0 Å². The number of nitrogens with one attached hydrogen (secondary N) is 1. The summed E-state index contributed by atoms with van der Waals surface area (Å²) in [6, 6.07) is 11.2. The number of benzene rings is 1. The average Bonchev–Trinajstić information content (AvgIpc) is 2.46. The van der Waals surface area contributed by atoms with Crippen molar-refractivity contribution in [1.29, 1.82) is 0 Å². The summed E-state index contributed by atoms with van der Waals surface area (Å²) >= 11 is 5.82. The third-order valence-electron chi connectivity index (χ3n) is 3.33. The molecule has 0 bridgehead atoms. The summed E-state index contributed by atoms with van der Waals surface area (Å²) in [5, 5.41) is 3.22. The number of aromatic nitrogens is 1.